The van der Waals surface area contributed by atoms with E-state index in [1.54, 1.807) is 6.26 Å². The zero-order chi connectivity index (χ0) is 16.1. The average Bonchev–Trinajstić information content (AvgIpc) is 3.05. The Hall–Kier alpha value is -1.95. The second-order valence-corrected chi connectivity index (χ2v) is 6.82. The summed E-state index contributed by atoms with van der Waals surface area (Å²) in [6, 6.07) is 8.10. The van der Waals surface area contributed by atoms with E-state index in [4.69, 9.17) is 4.42 Å². The van der Waals surface area contributed by atoms with Crippen molar-refractivity contribution in [1.29, 1.82) is 0 Å². The molecule has 0 atom stereocenters. The molecule has 1 N–H and O–H groups in total. The predicted molar refractivity (Wildman–Crippen MR) is 92.7 cm³/mol. The van der Waals surface area contributed by atoms with Crippen LogP contribution in [0.25, 0.3) is 11.5 Å². The number of hydrogen-bond acceptors (Lipinski definition) is 4. The zero-order valence-corrected chi connectivity index (χ0v) is 14.1. The van der Waals surface area contributed by atoms with Crippen molar-refractivity contribution in [3.63, 3.8) is 0 Å². The van der Waals surface area contributed by atoms with Gasteiger partial charge in [0, 0.05) is 43.1 Å². The van der Waals surface area contributed by atoms with E-state index < -0.39 is 0 Å². The third kappa shape index (κ3) is 4.28. The minimum Gasteiger partial charge on any atom is -0.444 e. The highest BCUT2D eigenvalue weighted by Gasteiger charge is 2.16. The number of urea groups is 1. The first-order valence-electron chi connectivity index (χ1n) is 7.84. The molecule has 5 nitrogen and oxygen atoms in total. The van der Waals surface area contributed by atoms with E-state index in [1.165, 1.54) is 5.56 Å². The lowest BCUT2D eigenvalue weighted by atomic mass is 10.1. The zero-order valence-electron chi connectivity index (χ0n) is 13.2. The van der Waals surface area contributed by atoms with Gasteiger partial charge in [0.15, 0.2) is 0 Å². The number of nitrogens with zero attached hydrogens (tertiary/aromatic N) is 2. The smallest absolute Gasteiger partial charge is 0.317 e. The molecule has 0 spiro atoms. The highest BCUT2D eigenvalue weighted by atomic mass is 32.2. The maximum atomic E-state index is 12.0. The second kappa shape index (κ2) is 7.55. The lowest BCUT2D eigenvalue weighted by Gasteiger charge is -2.26. The molecule has 2 amide bonds. The summed E-state index contributed by atoms with van der Waals surface area (Å²) in [5.74, 6) is 2.67. The SMILES string of the molecule is Cc1ccc(-c2nc(CCNC(=O)N3CCSCC3)co2)cc1. The quantitative estimate of drug-likeness (QED) is 0.936. The molecule has 2 aromatic rings. The molecule has 1 fully saturated rings. The molecular formula is C17H21N3O2S. The van der Waals surface area contributed by atoms with Crippen LogP contribution in [0.3, 0.4) is 0 Å². The van der Waals surface area contributed by atoms with Gasteiger partial charge in [-0.25, -0.2) is 9.78 Å². The molecule has 0 radical (unpaired) electrons. The minimum atomic E-state index is 0.0209. The number of amides is 2. The van der Waals surface area contributed by atoms with Crippen LogP contribution >= 0.6 is 11.8 Å². The molecular weight excluding hydrogens is 310 g/mol. The van der Waals surface area contributed by atoms with Gasteiger partial charge in [-0.2, -0.15) is 11.8 Å². The summed E-state index contributed by atoms with van der Waals surface area (Å²) >= 11 is 1.89. The maximum absolute atomic E-state index is 12.0. The molecule has 0 unspecified atom stereocenters. The number of thioether (sulfide) groups is 1. The van der Waals surface area contributed by atoms with Gasteiger partial charge in [0.25, 0.3) is 0 Å². The fourth-order valence-electron chi connectivity index (χ4n) is 2.43. The molecule has 0 aliphatic carbocycles. The Bertz CT molecular complexity index is 648. The van der Waals surface area contributed by atoms with Crippen molar-refractivity contribution < 1.29 is 9.21 Å². The maximum Gasteiger partial charge on any atom is 0.317 e. The highest BCUT2D eigenvalue weighted by Crippen LogP contribution is 2.19. The minimum absolute atomic E-state index is 0.0209. The molecule has 23 heavy (non-hydrogen) atoms. The lowest BCUT2D eigenvalue weighted by molar-refractivity contribution is 0.203. The normalized spacial score (nSPS) is 14.7. The first kappa shape index (κ1) is 15.9. The molecule has 1 aliphatic heterocycles. The third-order valence-electron chi connectivity index (χ3n) is 3.81. The number of benzene rings is 1. The number of hydrogen-bond donors (Lipinski definition) is 1. The molecule has 3 rings (SSSR count). The highest BCUT2D eigenvalue weighted by molar-refractivity contribution is 7.99. The van der Waals surface area contributed by atoms with Gasteiger partial charge in [0.1, 0.15) is 6.26 Å². The molecule has 0 saturated carbocycles. The number of aromatic nitrogens is 1. The number of aryl methyl sites for hydroxylation is 1. The Labute approximate surface area is 140 Å². The molecule has 1 aromatic heterocycles. The van der Waals surface area contributed by atoms with Crippen LogP contribution in [0.4, 0.5) is 4.79 Å². The van der Waals surface area contributed by atoms with E-state index >= 15 is 0 Å². The van der Waals surface area contributed by atoms with Crippen molar-refractivity contribution in [2.24, 2.45) is 0 Å². The largest absolute Gasteiger partial charge is 0.444 e. The van der Waals surface area contributed by atoms with Crippen molar-refractivity contribution in [3.05, 3.63) is 41.8 Å². The number of rotatable bonds is 4. The van der Waals surface area contributed by atoms with E-state index in [0.717, 1.165) is 35.9 Å². The predicted octanol–water partition coefficient (Wildman–Crippen LogP) is 2.95. The van der Waals surface area contributed by atoms with E-state index in [-0.39, 0.29) is 6.03 Å². The Balaban J connectivity index is 1.49. The fourth-order valence-corrected chi connectivity index (χ4v) is 3.33. The van der Waals surface area contributed by atoms with Crippen LogP contribution in [0, 0.1) is 6.92 Å². The monoisotopic (exact) mass is 331 g/mol. The summed E-state index contributed by atoms with van der Waals surface area (Å²) in [7, 11) is 0. The van der Waals surface area contributed by atoms with Crippen LogP contribution in [0.1, 0.15) is 11.3 Å². The van der Waals surface area contributed by atoms with Gasteiger partial charge in [-0.15, -0.1) is 0 Å². The van der Waals surface area contributed by atoms with Crippen LogP contribution in [0.5, 0.6) is 0 Å². The lowest BCUT2D eigenvalue weighted by Crippen LogP contribution is -2.44. The van der Waals surface area contributed by atoms with Crippen molar-refractivity contribution in [2.45, 2.75) is 13.3 Å². The van der Waals surface area contributed by atoms with Gasteiger partial charge >= 0.3 is 6.03 Å². The van der Waals surface area contributed by atoms with Gasteiger partial charge in [-0.05, 0) is 19.1 Å². The third-order valence-corrected chi connectivity index (χ3v) is 4.75. The molecule has 1 saturated heterocycles. The number of nitrogens with one attached hydrogen (secondary N) is 1. The van der Waals surface area contributed by atoms with Crippen molar-refractivity contribution in [3.8, 4) is 11.5 Å². The Morgan fingerprint density at radius 3 is 2.78 bits per heavy atom. The number of carbonyl (C=O) groups is 1. The summed E-state index contributed by atoms with van der Waals surface area (Å²) in [6.45, 7) is 4.28. The van der Waals surface area contributed by atoms with Crippen LogP contribution in [0.2, 0.25) is 0 Å². The fraction of sp³-hybridized carbons (Fsp3) is 0.412. The topological polar surface area (TPSA) is 58.4 Å². The van der Waals surface area contributed by atoms with Gasteiger partial charge in [-0.1, -0.05) is 17.7 Å². The summed E-state index contributed by atoms with van der Waals surface area (Å²) in [6.07, 6.45) is 2.34. The molecule has 122 valence electrons. The summed E-state index contributed by atoms with van der Waals surface area (Å²) < 4.78 is 5.53. The van der Waals surface area contributed by atoms with Crippen LogP contribution in [0.15, 0.2) is 34.9 Å². The Morgan fingerprint density at radius 2 is 2.04 bits per heavy atom. The summed E-state index contributed by atoms with van der Waals surface area (Å²) in [5.41, 5.74) is 3.03. The van der Waals surface area contributed by atoms with E-state index in [2.05, 4.69) is 17.2 Å². The molecule has 2 heterocycles. The van der Waals surface area contributed by atoms with Crippen LogP contribution < -0.4 is 5.32 Å². The second-order valence-electron chi connectivity index (χ2n) is 5.59. The first-order chi connectivity index (χ1) is 11.2. The number of oxazole rings is 1. The molecule has 1 aromatic carbocycles. The number of carbonyl (C=O) groups excluding carboxylic acids is 1. The van der Waals surface area contributed by atoms with Gasteiger partial charge in [-0.3, -0.25) is 0 Å². The Kier molecular flexibility index (Phi) is 5.23. The van der Waals surface area contributed by atoms with Crippen LogP contribution in [-0.2, 0) is 6.42 Å². The van der Waals surface area contributed by atoms with E-state index in [0.29, 0.717) is 18.9 Å². The summed E-state index contributed by atoms with van der Waals surface area (Å²) in [4.78, 5) is 18.4. The Morgan fingerprint density at radius 1 is 1.30 bits per heavy atom. The average molecular weight is 331 g/mol. The standard InChI is InChI=1S/C17H21N3O2S/c1-13-2-4-14(5-3-13)16-19-15(12-22-16)6-7-18-17(21)20-8-10-23-11-9-20/h2-5,12H,6-11H2,1H3,(H,18,21). The van der Waals surface area contributed by atoms with Gasteiger partial charge < -0.3 is 14.6 Å². The van der Waals surface area contributed by atoms with E-state index in [9.17, 15) is 4.79 Å². The van der Waals surface area contributed by atoms with Gasteiger partial charge in [0.05, 0.1) is 5.69 Å². The van der Waals surface area contributed by atoms with E-state index in [1.807, 2.05) is 40.9 Å². The van der Waals surface area contributed by atoms with Crippen molar-refractivity contribution in [2.75, 3.05) is 31.1 Å². The molecule has 0 bridgehead atoms. The molecule has 6 heteroatoms. The first-order valence-corrected chi connectivity index (χ1v) is 9.00. The van der Waals surface area contributed by atoms with Crippen LogP contribution in [-0.4, -0.2) is 47.1 Å². The summed E-state index contributed by atoms with van der Waals surface area (Å²) in [5, 5.41) is 2.95. The van der Waals surface area contributed by atoms with Gasteiger partial charge in [0.2, 0.25) is 5.89 Å². The molecule has 1 aliphatic rings. The van der Waals surface area contributed by atoms with Crippen molar-refractivity contribution in [1.82, 2.24) is 15.2 Å². The van der Waals surface area contributed by atoms with Crippen molar-refractivity contribution >= 4 is 17.8 Å².